The second-order valence-electron chi connectivity index (χ2n) is 3.67. The second-order valence-corrected chi connectivity index (χ2v) is 4.46. The third-order valence-corrected chi connectivity index (χ3v) is 3.23. The number of carbonyl (C=O) groups excluding carboxylic acids is 1. The van der Waals surface area contributed by atoms with Crippen LogP contribution in [0.3, 0.4) is 0 Å². The van der Waals surface area contributed by atoms with E-state index in [0.717, 1.165) is 23.0 Å². The average Bonchev–Trinajstić information content (AvgIpc) is 2.94. The molecule has 1 aliphatic rings. The van der Waals surface area contributed by atoms with Gasteiger partial charge in [-0.15, -0.1) is 0 Å². The Bertz CT molecular complexity index is 396. The van der Waals surface area contributed by atoms with Crippen molar-refractivity contribution in [3.63, 3.8) is 0 Å². The quantitative estimate of drug-likeness (QED) is 0.793. The van der Waals surface area contributed by atoms with Crippen molar-refractivity contribution >= 4 is 21.9 Å². The van der Waals surface area contributed by atoms with Crippen molar-refractivity contribution in [1.29, 1.82) is 0 Å². The van der Waals surface area contributed by atoms with Crippen LogP contribution in [0.5, 0.6) is 0 Å². The van der Waals surface area contributed by atoms with Crippen molar-refractivity contribution in [2.75, 3.05) is 6.61 Å². The molecule has 0 bridgehead atoms. The Morgan fingerprint density at radius 1 is 1.67 bits per heavy atom. The average molecular weight is 273 g/mol. The highest BCUT2D eigenvalue weighted by atomic mass is 79.9. The van der Waals surface area contributed by atoms with Crippen LogP contribution in [0.1, 0.15) is 41.9 Å². The van der Waals surface area contributed by atoms with Gasteiger partial charge in [0.15, 0.2) is 5.69 Å². The van der Waals surface area contributed by atoms with E-state index in [-0.39, 0.29) is 5.97 Å². The normalized spacial score (nSPS) is 15.4. The number of hydrogen-bond acceptors (Lipinski definition) is 3. The van der Waals surface area contributed by atoms with Crippen molar-refractivity contribution in [3.05, 3.63) is 15.9 Å². The molecular weight excluding hydrogens is 260 g/mol. The monoisotopic (exact) mass is 272 g/mol. The lowest BCUT2D eigenvalue weighted by atomic mass is 10.2. The van der Waals surface area contributed by atoms with Crippen LogP contribution in [-0.2, 0) is 11.8 Å². The molecule has 1 heterocycles. The molecule has 0 aliphatic heterocycles. The molecule has 0 saturated heterocycles. The smallest absolute Gasteiger partial charge is 0.357 e. The third kappa shape index (κ3) is 1.93. The van der Waals surface area contributed by atoms with Crippen LogP contribution in [0.4, 0.5) is 0 Å². The summed E-state index contributed by atoms with van der Waals surface area (Å²) in [5.74, 6) is 0.208. The van der Waals surface area contributed by atoms with E-state index in [4.69, 9.17) is 4.74 Å². The number of nitrogens with zero attached hydrogens (tertiary/aromatic N) is 2. The van der Waals surface area contributed by atoms with Crippen molar-refractivity contribution in [1.82, 2.24) is 9.78 Å². The van der Waals surface area contributed by atoms with E-state index in [9.17, 15) is 4.79 Å². The SMILES string of the molecule is CCOC(=O)c1c(Br)c(C2CC2)nn1C. The first-order chi connectivity index (χ1) is 7.15. The standard InChI is InChI=1S/C10H13BrN2O2/c1-3-15-10(14)9-7(11)8(6-4-5-6)12-13(9)2/h6H,3-5H2,1-2H3. The molecule has 0 atom stereocenters. The van der Waals surface area contributed by atoms with Crippen LogP contribution in [0.2, 0.25) is 0 Å². The number of halogens is 1. The molecule has 1 aromatic rings. The minimum Gasteiger partial charge on any atom is -0.461 e. The summed E-state index contributed by atoms with van der Waals surface area (Å²) in [7, 11) is 1.77. The minimum absolute atomic E-state index is 0.314. The molecular formula is C10H13BrN2O2. The maximum Gasteiger partial charge on any atom is 0.357 e. The van der Waals surface area contributed by atoms with Crippen LogP contribution >= 0.6 is 15.9 Å². The zero-order valence-electron chi connectivity index (χ0n) is 8.79. The first-order valence-electron chi connectivity index (χ1n) is 5.04. The molecule has 2 rings (SSSR count). The predicted molar refractivity (Wildman–Crippen MR) is 58.8 cm³/mol. The van der Waals surface area contributed by atoms with Gasteiger partial charge < -0.3 is 4.74 Å². The number of carbonyl (C=O) groups is 1. The summed E-state index contributed by atoms with van der Waals surface area (Å²) < 4.78 is 7.36. The fourth-order valence-corrected chi connectivity index (χ4v) is 2.38. The molecule has 1 aliphatic carbocycles. The summed E-state index contributed by atoms with van der Waals surface area (Å²) in [5.41, 5.74) is 1.50. The van der Waals surface area contributed by atoms with Gasteiger partial charge in [-0.05, 0) is 35.7 Å². The van der Waals surface area contributed by atoms with Gasteiger partial charge in [0, 0.05) is 13.0 Å². The fourth-order valence-electron chi connectivity index (χ4n) is 1.56. The van der Waals surface area contributed by atoms with Crippen molar-refractivity contribution in [2.45, 2.75) is 25.7 Å². The number of hydrogen-bond donors (Lipinski definition) is 0. The number of esters is 1. The van der Waals surface area contributed by atoms with Crippen molar-refractivity contribution < 1.29 is 9.53 Å². The molecule has 15 heavy (non-hydrogen) atoms. The minimum atomic E-state index is -0.314. The molecule has 1 saturated carbocycles. The molecule has 0 N–H and O–H groups in total. The van der Waals surface area contributed by atoms with Crippen LogP contribution in [0.25, 0.3) is 0 Å². The number of ether oxygens (including phenoxy) is 1. The first-order valence-corrected chi connectivity index (χ1v) is 5.84. The third-order valence-electron chi connectivity index (χ3n) is 2.45. The van der Waals surface area contributed by atoms with Gasteiger partial charge in [0.2, 0.25) is 0 Å². The molecule has 0 radical (unpaired) electrons. The molecule has 0 spiro atoms. The Hall–Kier alpha value is -0.840. The van der Waals surface area contributed by atoms with Crippen LogP contribution < -0.4 is 0 Å². The topological polar surface area (TPSA) is 44.1 Å². The van der Waals surface area contributed by atoms with Gasteiger partial charge in [0.1, 0.15) is 0 Å². The van der Waals surface area contributed by atoms with E-state index >= 15 is 0 Å². The lowest BCUT2D eigenvalue weighted by Crippen LogP contribution is -2.10. The molecule has 1 fully saturated rings. The maximum absolute atomic E-state index is 11.6. The van der Waals surface area contributed by atoms with Gasteiger partial charge in [-0.2, -0.15) is 5.10 Å². The highest BCUT2D eigenvalue weighted by Gasteiger charge is 2.32. The largest absolute Gasteiger partial charge is 0.461 e. The number of aryl methyl sites for hydroxylation is 1. The van der Waals surface area contributed by atoms with E-state index in [1.165, 1.54) is 0 Å². The highest BCUT2D eigenvalue weighted by Crippen LogP contribution is 2.43. The molecule has 0 amide bonds. The fraction of sp³-hybridized carbons (Fsp3) is 0.600. The van der Waals surface area contributed by atoms with Crippen LogP contribution in [-0.4, -0.2) is 22.4 Å². The van der Waals surface area contributed by atoms with E-state index in [1.807, 2.05) is 0 Å². The van der Waals surface area contributed by atoms with Gasteiger partial charge in [-0.25, -0.2) is 4.79 Å². The zero-order valence-corrected chi connectivity index (χ0v) is 10.4. The molecule has 0 unspecified atom stereocenters. The van der Waals surface area contributed by atoms with E-state index in [0.29, 0.717) is 18.2 Å². The maximum atomic E-state index is 11.6. The van der Waals surface area contributed by atoms with Crippen molar-refractivity contribution in [2.24, 2.45) is 7.05 Å². The van der Waals surface area contributed by atoms with E-state index in [1.54, 1.807) is 18.7 Å². The van der Waals surface area contributed by atoms with E-state index in [2.05, 4.69) is 21.0 Å². The Balaban J connectivity index is 2.33. The van der Waals surface area contributed by atoms with Crippen LogP contribution in [0, 0.1) is 0 Å². The zero-order chi connectivity index (χ0) is 11.0. The summed E-state index contributed by atoms with van der Waals surface area (Å²) in [4.78, 5) is 11.6. The number of aromatic nitrogens is 2. The lowest BCUT2D eigenvalue weighted by Gasteiger charge is -2.01. The predicted octanol–water partition coefficient (Wildman–Crippen LogP) is 2.24. The molecule has 0 aromatic carbocycles. The van der Waals surface area contributed by atoms with Gasteiger partial charge in [0.05, 0.1) is 16.8 Å². The molecule has 82 valence electrons. The Kier molecular flexibility index (Phi) is 2.82. The van der Waals surface area contributed by atoms with Gasteiger partial charge in [-0.1, -0.05) is 0 Å². The second kappa shape index (κ2) is 3.96. The molecule has 4 nitrogen and oxygen atoms in total. The van der Waals surface area contributed by atoms with Gasteiger partial charge in [-0.3, -0.25) is 4.68 Å². The summed E-state index contributed by atoms with van der Waals surface area (Å²) in [6.45, 7) is 2.18. The van der Waals surface area contributed by atoms with Gasteiger partial charge in [0.25, 0.3) is 0 Å². The summed E-state index contributed by atoms with van der Waals surface area (Å²) in [6.07, 6.45) is 2.33. The molecule has 1 aromatic heterocycles. The summed E-state index contributed by atoms with van der Waals surface area (Å²) in [5, 5.41) is 4.34. The van der Waals surface area contributed by atoms with Gasteiger partial charge >= 0.3 is 5.97 Å². The van der Waals surface area contributed by atoms with Crippen molar-refractivity contribution in [3.8, 4) is 0 Å². The first kappa shape index (κ1) is 10.7. The van der Waals surface area contributed by atoms with Crippen LogP contribution in [0.15, 0.2) is 4.47 Å². The number of rotatable bonds is 3. The molecule has 5 heteroatoms. The Labute approximate surface area is 96.7 Å². The lowest BCUT2D eigenvalue weighted by molar-refractivity contribution is 0.0512. The summed E-state index contributed by atoms with van der Waals surface area (Å²) in [6, 6.07) is 0. The van der Waals surface area contributed by atoms with E-state index < -0.39 is 0 Å². The Morgan fingerprint density at radius 2 is 2.33 bits per heavy atom. The Morgan fingerprint density at radius 3 is 2.87 bits per heavy atom. The highest BCUT2D eigenvalue weighted by molar-refractivity contribution is 9.10. The summed E-state index contributed by atoms with van der Waals surface area (Å²) >= 11 is 3.43.